The number of rotatable bonds is 7. The summed E-state index contributed by atoms with van der Waals surface area (Å²) >= 11 is 5.26. The van der Waals surface area contributed by atoms with Crippen LogP contribution in [0.4, 0.5) is 0 Å². The Kier molecular flexibility index (Phi) is 6.22. The number of aryl methyl sites for hydroxylation is 2. The van der Waals surface area contributed by atoms with Crippen molar-refractivity contribution in [2.75, 3.05) is 13.1 Å². The molecule has 1 aromatic heterocycles. The first kappa shape index (κ1) is 15.5. The van der Waals surface area contributed by atoms with Crippen LogP contribution in [0.25, 0.3) is 0 Å². The summed E-state index contributed by atoms with van der Waals surface area (Å²) in [5, 5.41) is 11.5. The fourth-order valence-corrected chi connectivity index (χ4v) is 2.26. The molecule has 0 aliphatic rings. The molecule has 112 valence electrons. The first-order chi connectivity index (χ1) is 10.2. The second-order valence-corrected chi connectivity index (χ2v) is 5.40. The van der Waals surface area contributed by atoms with Crippen molar-refractivity contribution in [3.63, 3.8) is 0 Å². The lowest BCUT2D eigenvalue weighted by Gasteiger charge is -2.10. The number of thiocarbonyl (C=S) groups is 1. The molecule has 5 heteroatoms. The molecule has 1 aromatic carbocycles. The Morgan fingerprint density at radius 3 is 2.62 bits per heavy atom. The van der Waals surface area contributed by atoms with Crippen molar-refractivity contribution in [3.8, 4) is 0 Å². The van der Waals surface area contributed by atoms with Crippen molar-refractivity contribution >= 4 is 17.3 Å². The van der Waals surface area contributed by atoms with Crippen molar-refractivity contribution in [2.24, 2.45) is 0 Å². The molecule has 0 radical (unpaired) electrons. The predicted octanol–water partition coefficient (Wildman–Crippen LogP) is 2.29. The zero-order valence-corrected chi connectivity index (χ0v) is 13.2. The van der Waals surface area contributed by atoms with Gasteiger partial charge < -0.3 is 10.6 Å². The number of nitrogens with zero attached hydrogens (tertiary/aromatic N) is 2. The lowest BCUT2D eigenvalue weighted by atomic mass is 10.1. The largest absolute Gasteiger partial charge is 0.363 e. The van der Waals surface area contributed by atoms with Crippen LogP contribution < -0.4 is 10.6 Å². The molecule has 0 bridgehead atoms. The minimum absolute atomic E-state index is 0.725. The Labute approximate surface area is 131 Å². The minimum atomic E-state index is 0.725. The van der Waals surface area contributed by atoms with Gasteiger partial charge in [-0.25, -0.2) is 0 Å². The van der Waals surface area contributed by atoms with Crippen LogP contribution in [0.1, 0.15) is 17.7 Å². The van der Waals surface area contributed by atoms with Crippen LogP contribution in [-0.2, 0) is 13.0 Å². The third kappa shape index (κ3) is 5.95. The van der Waals surface area contributed by atoms with Gasteiger partial charge in [0, 0.05) is 25.8 Å². The van der Waals surface area contributed by atoms with Gasteiger partial charge in [-0.05, 0) is 43.6 Å². The van der Waals surface area contributed by atoms with Crippen LogP contribution in [0.15, 0.2) is 42.6 Å². The van der Waals surface area contributed by atoms with Crippen molar-refractivity contribution in [1.82, 2.24) is 20.4 Å². The highest BCUT2D eigenvalue weighted by Gasteiger charge is 1.97. The molecular formula is C16H22N4S. The number of hydrogen-bond acceptors (Lipinski definition) is 2. The summed E-state index contributed by atoms with van der Waals surface area (Å²) < 4.78 is 1.96. The van der Waals surface area contributed by atoms with Crippen molar-refractivity contribution in [1.29, 1.82) is 0 Å². The summed E-state index contributed by atoms with van der Waals surface area (Å²) in [5.41, 5.74) is 2.38. The summed E-state index contributed by atoms with van der Waals surface area (Å²) in [6.45, 7) is 4.62. The lowest BCUT2D eigenvalue weighted by molar-refractivity contribution is 0.568. The Bertz CT molecular complexity index is 550. The van der Waals surface area contributed by atoms with Crippen LogP contribution >= 0.6 is 12.2 Å². The molecule has 2 N–H and O–H groups in total. The van der Waals surface area contributed by atoms with E-state index in [4.69, 9.17) is 12.2 Å². The summed E-state index contributed by atoms with van der Waals surface area (Å²) in [6.07, 6.45) is 3.99. The minimum Gasteiger partial charge on any atom is -0.363 e. The quantitative estimate of drug-likeness (QED) is 0.608. The van der Waals surface area contributed by atoms with Crippen molar-refractivity contribution in [3.05, 3.63) is 53.9 Å². The predicted molar refractivity (Wildman–Crippen MR) is 90.3 cm³/mol. The van der Waals surface area contributed by atoms with Crippen molar-refractivity contribution in [2.45, 2.75) is 26.3 Å². The molecule has 0 unspecified atom stereocenters. The monoisotopic (exact) mass is 302 g/mol. The zero-order valence-electron chi connectivity index (χ0n) is 12.4. The van der Waals surface area contributed by atoms with E-state index in [9.17, 15) is 0 Å². The van der Waals surface area contributed by atoms with Gasteiger partial charge in [0.05, 0.1) is 5.69 Å². The Morgan fingerprint density at radius 2 is 1.90 bits per heavy atom. The molecule has 0 aliphatic carbocycles. The molecule has 0 saturated heterocycles. The molecule has 0 spiro atoms. The topological polar surface area (TPSA) is 41.9 Å². The summed E-state index contributed by atoms with van der Waals surface area (Å²) in [4.78, 5) is 0. The fraction of sp³-hybridized carbons (Fsp3) is 0.375. The Balaban J connectivity index is 1.53. The van der Waals surface area contributed by atoms with Gasteiger partial charge in [0.2, 0.25) is 0 Å². The molecule has 4 nitrogen and oxygen atoms in total. The Morgan fingerprint density at radius 1 is 1.14 bits per heavy atom. The normalized spacial score (nSPS) is 10.3. The van der Waals surface area contributed by atoms with Gasteiger partial charge in [-0.1, -0.05) is 30.3 Å². The highest BCUT2D eigenvalue weighted by atomic mass is 32.1. The average Bonchev–Trinajstić information content (AvgIpc) is 2.90. The molecule has 1 heterocycles. The molecule has 0 aliphatic heterocycles. The van der Waals surface area contributed by atoms with Crippen LogP contribution in [-0.4, -0.2) is 28.0 Å². The summed E-state index contributed by atoms with van der Waals surface area (Å²) in [5.74, 6) is 0. The highest BCUT2D eigenvalue weighted by Crippen LogP contribution is 1.98. The molecular weight excluding hydrogens is 280 g/mol. The maximum atomic E-state index is 5.26. The Hall–Kier alpha value is -1.88. The van der Waals surface area contributed by atoms with Crippen molar-refractivity contribution < 1.29 is 0 Å². The molecule has 0 fully saturated rings. The zero-order chi connectivity index (χ0) is 14.9. The SMILES string of the molecule is Cc1ccn(CCCNC(=S)NCCc2ccccc2)n1. The summed E-state index contributed by atoms with van der Waals surface area (Å²) in [7, 11) is 0. The number of nitrogens with one attached hydrogen (secondary N) is 2. The first-order valence-corrected chi connectivity index (χ1v) is 7.70. The van der Waals surface area contributed by atoms with Crippen LogP contribution in [0.3, 0.4) is 0 Å². The third-order valence-electron chi connectivity index (χ3n) is 3.17. The molecule has 0 saturated carbocycles. The maximum absolute atomic E-state index is 5.26. The summed E-state index contributed by atoms with van der Waals surface area (Å²) in [6, 6.07) is 12.4. The van der Waals surface area contributed by atoms with E-state index >= 15 is 0 Å². The van der Waals surface area contributed by atoms with Crippen LogP contribution in [0.2, 0.25) is 0 Å². The smallest absolute Gasteiger partial charge is 0.166 e. The molecule has 0 amide bonds. The molecule has 2 rings (SSSR count). The number of hydrogen-bond donors (Lipinski definition) is 2. The van der Waals surface area contributed by atoms with Gasteiger partial charge in [0.1, 0.15) is 0 Å². The van der Waals surface area contributed by atoms with Gasteiger partial charge in [-0.2, -0.15) is 5.10 Å². The molecule has 2 aromatic rings. The van der Waals surface area contributed by atoms with E-state index in [1.54, 1.807) is 0 Å². The fourth-order valence-electron chi connectivity index (χ4n) is 2.06. The van der Waals surface area contributed by atoms with Gasteiger partial charge in [-0.3, -0.25) is 4.68 Å². The van der Waals surface area contributed by atoms with E-state index in [2.05, 4.69) is 40.0 Å². The van der Waals surface area contributed by atoms with E-state index < -0.39 is 0 Å². The van der Waals surface area contributed by atoms with E-state index in [-0.39, 0.29) is 0 Å². The second kappa shape index (κ2) is 8.42. The van der Waals surface area contributed by atoms with Gasteiger partial charge in [0.15, 0.2) is 5.11 Å². The number of benzene rings is 1. The van der Waals surface area contributed by atoms with E-state index in [0.29, 0.717) is 0 Å². The first-order valence-electron chi connectivity index (χ1n) is 7.30. The molecule has 0 atom stereocenters. The standard InChI is InChI=1S/C16H22N4S/c1-14-9-13-20(19-14)12-5-10-17-16(21)18-11-8-15-6-3-2-4-7-15/h2-4,6-7,9,13H,5,8,10-12H2,1H3,(H2,17,18,21). The van der Waals surface area contributed by atoms with Gasteiger partial charge in [-0.15, -0.1) is 0 Å². The van der Waals surface area contributed by atoms with Crippen LogP contribution in [0, 0.1) is 6.92 Å². The number of aromatic nitrogens is 2. The van der Waals surface area contributed by atoms with Crippen LogP contribution in [0.5, 0.6) is 0 Å². The van der Waals surface area contributed by atoms with E-state index in [1.807, 2.05) is 29.9 Å². The van der Waals surface area contributed by atoms with Gasteiger partial charge >= 0.3 is 0 Å². The highest BCUT2D eigenvalue weighted by molar-refractivity contribution is 7.80. The molecule has 21 heavy (non-hydrogen) atoms. The lowest BCUT2D eigenvalue weighted by Crippen LogP contribution is -2.37. The van der Waals surface area contributed by atoms with E-state index in [1.165, 1.54) is 5.56 Å². The third-order valence-corrected chi connectivity index (χ3v) is 3.45. The maximum Gasteiger partial charge on any atom is 0.166 e. The van der Waals surface area contributed by atoms with Gasteiger partial charge in [0.25, 0.3) is 0 Å². The average molecular weight is 302 g/mol. The second-order valence-electron chi connectivity index (χ2n) is 4.99. The van der Waals surface area contributed by atoms with E-state index in [0.717, 1.165) is 43.3 Å².